The average Bonchev–Trinajstić information content (AvgIpc) is 2.83. The van der Waals surface area contributed by atoms with E-state index in [1.54, 1.807) is 11.3 Å². The van der Waals surface area contributed by atoms with Crippen molar-refractivity contribution >= 4 is 27.9 Å². The van der Waals surface area contributed by atoms with Crippen molar-refractivity contribution in [1.29, 1.82) is 5.26 Å². The molecule has 0 saturated carbocycles. The number of rotatable bonds is 3. The molecular weight excluding hydrogens is 280 g/mol. The molecule has 0 bridgehead atoms. The number of nitriles is 1. The van der Waals surface area contributed by atoms with Crippen molar-refractivity contribution in [3.8, 4) is 6.07 Å². The van der Waals surface area contributed by atoms with Crippen molar-refractivity contribution in [3.63, 3.8) is 0 Å². The standard InChI is InChI=1S/C16H14N4S/c1-10-7-12(21-11(10)2)9-18-16-13-5-3-4-6-14(13)19-20-15(16)8-17/h3-7H,9H2,1-2H3,(H,18,19). The molecule has 21 heavy (non-hydrogen) atoms. The summed E-state index contributed by atoms with van der Waals surface area (Å²) in [6.45, 7) is 4.91. The van der Waals surface area contributed by atoms with Crippen LogP contribution in [0.1, 0.15) is 21.0 Å². The van der Waals surface area contributed by atoms with E-state index in [1.807, 2.05) is 24.3 Å². The molecule has 3 aromatic rings. The highest BCUT2D eigenvalue weighted by atomic mass is 32.1. The van der Waals surface area contributed by atoms with Gasteiger partial charge in [-0.05, 0) is 31.5 Å². The van der Waals surface area contributed by atoms with E-state index in [2.05, 4.69) is 41.5 Å². The molecule has 0 radical (unpaired) electrons. The van der Waals surface area contributed by atoms with Crippen LogP contribution in [0.3, 0.4) is 0 Å². The van der Waals surface area contributed by atoms with Crippen molar-refractivity contribution in [2.45, 2.75) is 20.4 Å². The third-order valence-corrected chi connectivity index (χ3v) is 4.58. The summed E-state index contributed by atoms with van der Waals surface area (Å²) in [5.74, 6) is 0. The Hall–Kier alpha value is -2.45. The zero-order chi connectivity index (χ0) is 14.8. The quantitative estimate of drug-likeness (QED) is 0.798. The smallest absolute Gasteiger partial charge is 0.186 e. The number of hydrogen-bond acceptors (Lipinski definition) is 5. The number of benzene rings is 1. The maximum atomic E-state index is 9.23. The first kappa shape index (κ1) is 13.5. The topological polar surface area (TPSA) is 61.6 Å². The van der Waals surface area contributed by atoms with Gasteiger partial charge in [0.15, 0.2) is 5.69 Å². The molecule has 0 spiro atoms. The van der Waals surface area contributed by atoms with Gasteiger partial charge >= 0.3 is 0 Å². The number of hydrogen-bond donors (Lipinski definition) is 1. The van der Waals surface area contributed by atoms with Crippen LogP contribution in [-0.4, -0.2) is 10.2 Å². The average molecular weight is 294 g/mol. The molecule has 1 aromatic carbocycles. The van der Waals surface area contributed by atoms with Gasteiger partial charge in [0, 0.05) is 21.7 Å². The van der Waals surface area contributed by atoms with Gasteiger partial charge in [-0.15, -0.1) is 21.5 Å². The summed E-state index contributed by atoms with van der Waals surface area (Å²) in [6.07, 6.45) is 0. The molecule has 0 aliphatic heterocycles. The Balaban J connectivity index is 1.97. The van der Waals surface area contributed by atoms with Gasteiger partial charge in [-0.3, -0.25) is 0 Å². The summed E-state index contributed by atoms with van der Waals surface area (Å²) >= 11 is 1.77. The molecule has 0 amide bonds. The van der Waals surface area contributed by atoms with Crippen LogP contribution in [-0.2, 0) is 6.54 Å². The number of nitrogens with zero attached hydrogens (tertiary/aromatic N) is 3. The van der Waals surface area contributed by atoms with Gasteiger partial charge in [0.25, 0.3) is 0 Å². The summed E-state index contributed by atoms with van der Waals surface area (Å²) in [6, 6.07) is 12.0. The van der Waals surface area contributed by atoms with Crippen LogP contribution in [0, 0.1) is 25.2 Å². The maximum Gasteiger partial charge on any atom is 0.186 e. The van der Waals surface area contributed by atoms with Crippen LogP contribution < -0.4 is 5.32 Å². The van der Waals surface area contributed by atoms with Crippen LogP contribution >= 0.6 is 11.3 Å². The molecule has 1 N–H and O–H groups in total. The van der Waals surface area contributed by atoms with E-state index in [9.17, 15) is 5.26 Å². The monoisotopic (exact) mass is 294 g/mol. The predicted octanol–water partition coefficient (Wildman–Crippen LogP) is 3.79. The Morgan fingerprint density at radius 2 is 2.05 bits per heavy atom. The normalized spacial score (nSPS) is 10.5. The molecule has 2 heterocycles. The van der Waals surface area contributed by atoms with Gasteiger partial charge in [-0.25, -0.2) is 0 Å². The van der Waals surface area contributed by atoms with Gasteiger partial charge in [-0.1, -0.05) is 18.2 Å². The number of fused-ring (bicyclic) bond motifs is 1. The Kier molecular flexibility index (Phi) is 3.55. The second kappa shape index (κ2) is 5.51. The lowest BCUT2D eigenvalue weighted by Gasteiger charge is -2.09. The Labute approximate surface area is 127 Å². The lowest BCUT2D eigenvalue weighted by Crippen LogP contribution is -2.03. The third-order valence-electron chi connectivity index (χ3n) is 3.43. The number of aryl methyl sites for hydroxylation is 2. The second-order valence-electron chi connectivity index (χ2n) is 4.86. The highest BCUT2D eigenvalue weighted by Gasteiger charge is 2.10. The number of thiophene rings is 1. The van der Waals surface area contributed by atoms with Crippen molar-refractivity contribution in [3.05, 3.63) is 51.3 Å². The molecule has 0 fully saturated rings. The Morgan fingerprint density at radius 1 is 1.24 bits per heavy atom. The van der Waals surface area contributed by atoms with E-state index in [0.717, 1.165) is 16.6 Å². The minimum Gasteiger partial charge on any atom is -0.377 e. The van der Waals surface area contributed by atoms with Gasteiger partial charge < -0.3 is 5.32 Å². The highest BCUT2D eigenvalue weighted by molar-refractivity contribution is 7.12. The fourth-order valence-electron chi connectivity index (χ4n) is 2.22. The van der Waals surface area contributed by atoms with Crippen LogP contribution in [0.15, 0.2) is 30.3 Å². The maximum absolute atomic E-state index is 9.23. The van der Waals surface area contributed by atoms with E-state index in [0.29, 0.717) is 12.2 Å². The fourth-order valence-corrected chi connectivity index (χ4v) is 3.22. The highest BCUT2D eigenvalue weighted by Crippen LogP contribution is 2.26. The van der Waals surface area contributed by atoms with Crippen LogP contribution in [0.4, 0.5) is 5.69 Å². The number of nitrogens with one attached hydrogen (secondary N) is 1. The van der Waals surface area contributed by atoms with Gasteiger partial charge in [-0.2, -0.15) is 5.26 Å². The third kappa shape index (κ3) is 2.58. The zero-order valence-electron chi connectivity index (χ0n) is 11.8. The first-order valence-corrected chi connectivity index (χ1v) is 7.46. The SMILES string of the molecule is Cc1cc(CNc2c(C#N)nnc3ccccc23)sc1C. The molecular formula is C16H14N4S. The summed E-state index contributed by atoms with van der Waals surface area (Å²) in [4.78, 5) is 2.57. The summed E-state index contributed by atoms with van der Waals surface area (Å²) in [5.41, 5.74) is 3.18. The van der Waals surface area contributed by atoms with Crippen LogP contribution in [0.2, 0.25) is 0 Å². The van der Waals surface area contributed by atoms with E-state index < -0.39 is 0 Å². The van der Waals surface area contributed by atoms with Crippen molar-refractivity contribution in [2.24, 2.45) is 0 Å². The molecule has 3 rings (SSSR count). The minimum absolute atomic E-state index is 0.332. The lowest BCUT2D eigenvalue weighted by atomic mass is 10.1. The first-order chi connectivity index (χ1) is 10.2. The Bertz CT molecular complexity index is 826. The molecule has 4 nitrogen and oxygen atoms in total. The van der Waals surface area contributed by atoms with Crippen LogP contribution in [0.25, 0.3) is 10.9 Å². The first-order valence-electron chi connectivity index (χ1n) is 6.64. The van der Waals surface area contributed by atoms with E-state index in [1.165, 1.54) is 15.3 Å². The number of anilines is 1. The largest absolute Gasteiger partial charge is 0.377 e. The van der Waals surface area contributed by atoms with Gasteiger partial charge in [0.05, 0.1) is 11.2 Å². The predicted molar refractivity (Wildman–Crippen MR) is 85.4 cm³/mol. The van der Waals surface area contributed by atoms with Crippen molar-refractivity contribution in [2.75, 3.05) is 5.32 Å². The van der Waals surface area contributed by atoms with Crippen molar-refractivity contribution < 1.29 is 0 Å². The Morgan fingerprint density at radius 3 is 2.76 bits per heavy atom. The van der Waals surface area contributed by atoms with Crippen LogP contribution in [0.5, 0.6) is 0 Å². The molecule has 0 aliphatic carbocycles. The summed E-state index contributed by atoms with van der Waals surface area (Å²) in [7, 11) is 0. The molecule has 0 atom stereocenters. The van der Waals surface area contributed by atoms with Gasteiger partial charge in [0.1, 0.15) is 6.07 Å². The zero-order valence-corrected chi connectivity index (χ0v) is 12.7. The fraction of sp³-hybridized carbons (Fsp3) is 0.188. The summed E-state index contributed by atoms with van der Waals surface area (Å²) < 4.78 is 0. The molecule has 2 aromatic heterocycles. The number of aromatic nitrogens is 2. The van der Waals surface area contributed by atoms with E-state index >= 15 is 0 Å². The van der Waals surface area contributed by atoms with E-state index in [-0.39, 0.29) is 0 Å². The summed E-state index contributed by atoms with van der Waals surface area (Å²) in [5, 5.41) is 21.6. The van der Waals surface area contributed by atoms with Gasteiger partial charge in [0.2, 0.25) is 0 Å². The molecule has 0 saturated heterocycles. The minimum atomic E-state index is 0.332. The molecule has 0 aliphatic rings. The molecule has 0 unspecified atom stereocenters. The molecule has 5 heteroatoms. The lowest BCUT2D eigenvalue weighted by molar-refractivity contribution is 1.04. The molecule has 104 valence electrons. The van der Waals surface area contributed by atoms with E-state index in [4.69, 9.17) is 0 Å². The second-order valence-corrected chi connectivity index (χ2v) is 6.20. The van der Waals surface area contributed by atoms with Crippen molar-refractivity contribution in [1.82, 2.24) is 10.2 Å².